The second-order valence-electron chi connectivity index (χ2n) is 5.55. The van der Waals surface area contributed by atoms with Crippen LogP contribution in [0.15, 0.2) is 18.2 Å². The van der Waals surface area contributed by atoms with Gasteiger partial charge in [-0.3, -0.25) is 10.1 Å². The van der Waals surface area contributed by atoms with Crippen LogP contribution in [0.4, 0.5) is 16.4 Å². The Morgan fingerprint density at radius 2 is 2.15 bits per heavy atom. The average molecular weight is 412 g/mol. The molecular weight excluding hydrogens is 398 g/mol. The number of carbonyl (C=O) groups excluding carboxylic acids is 1. The fourth-order valence-electron chi connectivity index (χ4n) is 2.79. The number of benzene rings is 1. The molecule has 26 heavy (non-hydrogen) atoms. The van der Waals surface area contributed by atoms with Gasteiger partial charge >= 0.3 is 5.97 Å². The van der Waals surface area contributed by atoms with Gasteiger partial charge < -0.3 is 15.4 Å². The number of nitro groups is 1. The Labute approximate surface area is 163 Å². The van der Waals surface area contributed by atoms with Crippen LogP contribution in [0.2, 0.25) is 5.02 Å². The molecular formula is C16H14ClN3O4S2. The van der Waals surface area contributed by atoms with Gasteiger partial charge in [-0.05, 0) is 43.1 Å². The molecule has 2 aromatic rings. The van der Waals surface area contributed by atoms with Crippen molar-refractivity contribution in [1.29, 1.82) is 0 Å². The number of aryl methyl sites for hydroxylation is 1. The van der Waals surface area contributed by atoms with Crippen molar-refractivity contribution in [2.45, 2.75) is 19.3 Å². The van der Waals surface area contributed by atoms with Crippen molar-refractivity contribution in [1.82, 2.24) is 0 Å². The minimum absolute atomic E-state index is 0.106. The standard InChI is InChI=1S/C16H14ClN3O4S2/c1-24-15(21)13-9-3-2-4-12(9)26-14(13)19-16(25)18-11-7-8(20(22)23)5-6-10(11)17/h5-7H,2-4H2,1H3,(H2,18,19,25). The van der Waals surface area contributed by atoms with Crippen molar-refractivity contribution >= 4 is 62.6 Å². The van der Waals surface area contributed by atoms with Crippen LogP contribution in [0, 0.1) is 10.1 Å². The number of fused-ring (bicyclic) bond motifs is 1. The van der Waals surface area contributed by atoms with E-state index in [0.717, 1.165) is 29.7 Å². The molecule has 0 amide bonds. The number of ether oxygens (including phenoxy) is 1. The molecule has 1 aromatic heterocycles. The third-order valence-electron chi connectivity index (χ3n) is 3.95. The van der Waals surface area contributed by atoms with E-state index < -0.39 is 10.9 Å². The summed E-state index contributed by atoms with van der Waals surface area (Å²) in [6.45, 7) is 0. The first-order chi connectivity index (χ1) is 12.4. The smallest absolute Gasteiger partial charge is 0.341 e. The Balaban J connectivity index is 1.82. The van der Waals surface area contributed by atoms with Crippen LogP contribution in [0.5, 0.6) is 0 Å². The highest BCUT2D eigenvalue weighted by molar-refractivity contribution is 7.80. The predicted molar refractivity (Wildman–Crippen MR) is 106 cm³/mol. The largest absolute Gasteiger partial charge is 0.465 e. The van der Waals surface area contributed by atoms with Gasteiger partial charge in [0.15, 0.2) is 5.11 Å². The Kier molecular flexibility index (Phi) is 5.40. The van der Waals surface area contributed by atoms with Crippen molar-refractivity contribution in [2.75, 3.05) is 17.7 Å². The van der Waals surface area contributed by atoms with Crippen molar-refractivity contribution in [3.05, 3.63) is 49.3 Å². The molecule has 1 aliphatic rings. The molecule has 0 radical (unpaired) electrons. The van der Waals surface area contributed by atoms with E-state index in [4.69, 9.17) is 28.6 Å². The first-order valence-electron chi connectivity index (χ1n) is 7.65. The van der Waals surface area contributed by atoms with Crippen LogP contribution in [-0.2, 0) is 17.6 Å². The summed E-state index contributed by atoms with van der Waals surface area (Å²) >= 11 is 12.8. The molecule has 0 saturated heterocycles. The molecule has 2 N–H and O–H groups in total. The van der Waals surface area contributed by atoms with E-state index in [1.807, 2.05) is 0 Å². The lowest BCUT2D eigenvalue weighted by atomic mass is 10.1. The molecule has 10 heteroatoms. The normalized spacial score (nSPS) is 12.4. The Hall–Kier alpha value is -2.23. The van der Waals surface area contributed by atoms with Gasteiger partial charge in [-0.1, -0.05) is 11.6 Å². The molecule has 0 saturated carbocycles. The number of methoxy groups -OCH3 is 1. The molecule has 0 spiro atoms. The molecule has 7 nitrogen and oxygen atoms in total. The summed E-state index contributed by atoms with van der Waals surface area (Å²) in [5.41, 5.74) is 1.70. The summed E-state index contributed by atoms with van der Waals surface area (Å²) in [5.74, 6) is -0.414. The predicted octanol–water partition coefficient (Wildman–Crippen LogP) is 4.39. The highest BCUT2D eigenvalue weighted by Crippen LogP contribution is 2.39. The minimum Gasteiger partial charge on any atom is -0.465 e. The van der Waals surface area contributed by atoms with Gasteiger partial charge in [0, 0.05) is 17.0 Å². The number of hydrogen-bond donors (Lipinski definition) is 2. The third-order valence-corrected chi connectivity index (χ3v) is 5.69. The lowest BCUT2D eigenvalue weighted by Gasteiger charge is -2.12. The molecule has 0 atom stereocenters. The maximum Gasteiger partial charge on any atom is 0.341 e. The fraction of sp³-hybridized carbons (Fsp3) is 0.250. The Morgan fingerprint density at radius 1 is 1.38 bits per heavy atom. The van der Waals surface area contributed by atoms with E-state index in [1.165, 1.54) is 36.6 Å². The van der Waals surface area contributed by atoms with Crippen molar-refractivity contribution in [3.63, 3.8) is 0 Å². The number of nitrogens with zero attached hydrogens (tertiary/aromatic N) is 1. The van der Waals surface area contributed by atoms with E-state index in [-0.39, 0.29) is 10.8 Å². The summed E-state index contributed by atoms with van der Waals surface area (Å²) in [4.78, 5) is 23.7. The molecule has 136 valence electrons. The number of halogens is 1. The molecule has 3 rings (SSSR count). The van der Waals surface area contributed by atoms with Crippen LogP contribution in [0.3, 0.4) is 0 Å². The monoisotopic (exact) mass is 411 g/mol. The van der Waals surface area contributed by atoms with E-state index in [0.29, 0.717) is 21.3 Å². The van der Waals surface area contributed by atoms with Gasteiger partial charge in [0.2, 0.25) is 0 Å². The van der Waals surface area contributed by atoms with E-state index in [2.05, 4.69) is 10.6 Å². The average Bonchev–Trinajstić information content (AvgIpc) is 3.16. The number of thiocarbonyl (C=S) groups is 1. The van der Waals surface area contributed by atoms with Gasteiger partial charge in [-0.25, -0.2) is 4.79 Å². The third kappa shape index (κ3) is 3.64. The molecule has 0 aliphatic heterocycles. The highest BCUT2D eigenvalue weighted by Gasteiger charge is 2.27. The van der Waals surface area contributed by atoms with E-state index in [1.54, 1.807) is 0 Å². The van der Waals surface area contributed by atoms with Gasteiger partial charge in [0.25, 0.3) is 5.69 Å². The number of nitrogens with one attached hydrogen (secondary N) is 2. The molecule has 0 bridgehead atoms. The second-order valence-corrected chi connectivity index (χ2v) is 7.47. The maximum atomic E-state index is 12.2. The zero-order valence-electron chi connectivity index (χ0n) is 13.6. The van der Waals surface area contributed by atoms with Crippen LogP contribution in [0.25, 0.3) is 0 Å². The van der Waals surface area contributed by atoms with Crippen LogP contribution in [0.1, 0.15) is 27.2 Å². The van der Waals surface area contributed by atoms with Crippen LogP contribution < -0.4 is 10.6 Å². The van der Waals surface area contributed by atoms with E-state index in [9.17, 15) is 14.9 Å². The fourth-order valence-corrected chi connectivity index (χ4v) is 4.51. The maximum absolute atomic E-state index is 12.2. The number of esters is 1. The zero-order chi connectivity index (χ0) is 18.8. The lowest BCUT2D eigenvalue weighted by molar-refractivity contribution is -0.384. The van der Waals surface area contributed by atoms with Gasteiger partial charge in [-0.2, -0.15) is 0 Å². The number of nitro benzene ring substituents is 1. The quantitative estimate of drug-likeness (QED) is 0.333. The molecule has 0 fully saturated rings. The number of thiophene rings is 1. The number of non-ortho nitro benzene ring substituents is 1. The molecule has 1 aliphatic carbocycles. The van der Waals surface area contributed by atoms with Gasteiger partial charge in [0.05, 0.1) is 28.3 Å². The Morgan fingerprint density at radius 3 is 2.85 bits per heavy atom. The van der Waals surface area contributed by atoms with Gasteiger partial charge in [-0.15, -0.1) is 11.3 Å². The van der Waals surface area contributed by atoms with Crippen molar-refractivity contribution in [3.8, 4) is 0 Å². The van der Waals surface area contributed by atoms with Crippen LogP contribution in [-0.4, -0.2) is 23.1 Å². The summed E-state index contributed by atoms with van der Waals surface area (Å²) in [5, 5.41) is 17.8. The van der Waals surface area contributed by atoms with Crippen molar-refractivity contribution < 1.29 is 14.5 Å². The SMILES string of the molecule is COC(=O)c1c(NC(=S)Nc2cc([N+](=O)[O-])ccc2Cl)sc2c1CCC2. The lowest BCUT2D eigenvalue weighted by Crippen LogP contribution is -2.20. The number of rotatable bonds is 4. The first-order valence-corrected chi connectivity index (χ1v) is 9.25. The van der Waals surface area contributed by atoms with Crippen molar-refractivity contribution in [2.24, 2.45) is 0 Å². The molecule has 1 aromatic carbocycles. The number of hydrogen-bond acceptors (Lipinski definition) is 6. The number of anilines is 2. The Bertz CT molecular complexity index is 913. The molecule has 1 heterocycles. The summed E-state index contributed by atoms with van der Waals surface area (Å²) < 4.78 is 4.89. The minimum atomic E-state index is -0.517. The van der Waals surface area contributed by atoms with Gasteiger partial charge in [0.1, 0.15) is 5.00 Å². The molecule has 0 unspecified atom stereocenters. The zero-order valence-corrected chi connectivity index (χ0v) is 16.0. The second kappa shape index (κ2) is 7.56. The summed E-state index contributed by atoms with van der Waals surface area (Å²) in [7, 11) is 1.34. The summed E-state index contributed by atoms with van der Waals surface area (Å²) in [6.07, 6.45) is 2.76. The highest BCUT2D eigenvalue weighted by atomic mass is 35.5. The summed E-state index contributed by atoms with van der Waals surface area (Å²) in [6, 6.07) is 4.03. The first kappa shape index (κ1) is 18.6. The van der Waals surface area contributed by atoms with E-state index >= 15 is 0 Å². The number of carbonyl (C=O) groups is 1. The van der Waals surface area contributed by atoms with Crippen LogP contribution >= 0.6 is 35.2 Å². The topological polar surface area (TPSA) is 93.5 Å².